The molecule has 2 aliphatic heterocycles. The van der Waals surface area contributed by atoms with Crippen LogP contribution in [0.15, 0.2) is 30.5 Å². The zero-order valence-corrected chi connectivity index (χ0v) is 14.0. The third-order valence-corrected chi connectivity index (χ3v) is 5.18. The zero-order valence-electron chi connectivity index (χ0n) is 14.0. The van der Waals surface area contributed by atoms with E-state index in [1.54, 1.807) is 0 Å². The molecule has 0 saturated carbocycles. The van der Waals surface area contributed by atoms with Crippen LogP contribution >= 0.6 is 0 Å². The van der Waals surface area contributed by atoms with Gasteiger partial charge in [-0.05, 0) is 36.5 Å². The van der Waals surface area contributed by atoms with E-state index in [-0.39, 0.29) is 5.82 Å². The summed E-state index contributed by atoms with van der Waals surface area (Å²) < 4.78 is 20.8. The van der Waals surface area contributed by atoms with Crippen LogP contribution < -0.4 is 0 Å². The average Bonchev–Trinajstić information content (AvgIpc) is 3.00. The van der Waals surface area contributed by atoms with Gasteiger partial charge in [-0.3, -0.25) is 4.90 Å². The highest BCUT2D eigenvalue weighted by molar-refractivity contribution is 5.21. The summed E-state index contributed by atoms with van der Waals surface area (Å²) >= 11 is 0. The Balaban J connectivity index is 1.40. The van der Waals surface area contributed by atoms with Crippen molar-refractivity contribution in [3.8, 4) is 0 Å². The number of imidazole rings is 1. The van der Waals surface area contributed by atoms with Crippen LogP contribution in [-0.4, -0.2) is 40.8 Å². The molecule has 4 rings (SSSR count). The average molecular weight is 329 g/mol. The summed E-state index contributed by atoms with van der Waals surface area (Å²) in [5.41, 5.74) is 2.40. The molecule has 128 valence electrons. The van der Waals surface area contributed by atoms with Gasteiger partial charge in [0.1, 0.15) is 11.6 Å². The van der Waals surface area contributed by atoms with Crippen LogP contribution in [0.5, 0.6) is 0 Å². The van der Waals surface area contributed by atoms with Gasteiger partial charge in [-0.25, -0.2) is 9.37 Å². The van der Waals surface area contributed by atoms with Crippen molar-refractivity contribution in [2.75, 3.05) is 26.3 Å². The Labute approximate surface area is 142 Å². The number of rotatable bonds is 4. The molecular formula is C19H24FN3O. The molecule has 1 saturated heterocycles. The van der Waals surface area contributed by atoms with Crippen LogP contribution in [0.4, 0.5) is 4.39 Å². The van der Waals surface area contributed by atoms with Gasteiger partial charge < -0.3 is 9.30 Å². The lowest BCUT2D eigenvalue weighted by atomic mass is 9.99. The predicted octanol–water partition coefficient (Wildman–Crippen LogP) is 2.86. The van der Waals surface area contributed by atoms with Gasteiger partial charge in [-0.15, -0.1) is 0 Å². The molecule has 0 unspecified atom stereocenters. The van der Waals surface area contributed by atoms with Crippen molar-refractivity contribution in [2.45, 2.75) is 32.4 Å². The molecule has 0 aliphatic carbocycles. The first-order valence-corrected chi connectivity index (χ1v) is 8.86. The van der Waals surface area contributed by atoms with E-state index in [9.17, 15) is 4.39 Å². The molecule has 0 N–H and O–H groups in total. The molecule has 0 bridgehead atoms. The Morgan fingerprint density at radius 1 is 1.12 bits per heavy atom. The van der Waals surface area contributed by atoms with Crippen LogP contribution in [0.2, 0.25) is 0 Å². The third kappa shape index (κ3) is 3.52. The highest BCUT2D eigenvalue weighted by Crippen LogP contribution is 2.21. The van der Waals surface area contributed by atoms with Gasteiger partial charge in [0, 0.05) is 52.0 Å². The van der Waals surface area contributed by atoms with Gasteiger partial charge >= 0.3 is 0 Å². The van der Waals surface area contributed by atoms with E-state index in [4.69, 9.17) is 4.74 Å². The molecule has 3 heterocycles. The number of hydrogen-bond donors (Lipinski definition) is 0. The summed E-state index contributed by atoms with van der Waals surface area (Å²) in [6.45, 7) is 6.05. The van der Waals surface area contributed by atoms with E-state index in [1.807, 2.05) is 18.3 Å². The summed E-state index contributed by atoms with van der Waals surface area (Å²) in [6.07, 6.45) is 5.15. The van der Waals surface area contributed by atoms with E-state index >= 15 is 0 Å². The standard InChI is InChI=1S/C19H24FN3O/c20-17-3-1-15(2-4-17)11-19-21-12-18-14-22(7-8-23(18)19)13-16-5-9-24-10-6-16/h1-4,12,16H,5-11,13-14H2. The van der Waals surface area contributed by atoms with E-state index in [2.05, 4.69) is 14.5 Å². The fourth-order valence-corrected chi connectivity index (χ4v) is 3.78. The summed E-state index contributed by atoms with van der Waals surface area (Å²) in [4.78, 5) is 7.17. The fraction of sp³-hybridized carbons (Fsp3) is 0.526. The summed E-state index contributed by atoms with van der Waals surface area (Å²) in [7, 11) is 0. The number of fused-ring (bicyclic) bond motifs is 1. The highest BCUT2D eigenvalue weighted by Gasteiger charge is 2.23. The maximum absolute atomic E-state index is 13.0. The smallest absolute Gasteiger partial charge is 0.123 e. The van der Waals surface area contributed by atoms with Crippen molar-refractivity contribution in [1.82, 2.24) is 14.5 Å². The molecule has 2 aliphatic rings. The molecular weight excluding hydrogens is 305 g/mol. The van der Waals surface area contributed by atoms with E-state index in [0.717, 1.165) is 56.6 Å². The van der Waals surface area contributed by atoms with Gasteiger partial charge in [0.15, 0.2) is 0 Å². The Morgan fingerprint density at radius 2 is 1.92 bits per heavy atom. The first-order chi connectivity index (χ1) is 11.8. The first-order valence-electron chi connectivity index (χ1n) is 8.86. The zero-order chi connectivity index (χ0) is 16.4. The van der Waals surface area contributed by atoms with Crippen LogP contribution in [0, 0.1) is 11.7 Å². The lowest BCUT2D eigenvalue weighted by Crippen LogP contribution is -2.38. The van der Waals surface area contributed by atoms with Gasteiger partial charge in [0.05, 0.1) is 5.69 Å². The van der Waals surface area contributed by atoms with Crippen molar-refractivity contribution in [2.24, 2.45) is 5.92 Å². The summed E-state index contributed by atoms with van der Waals surface area (Å²) in [5.74, 6) is 1.67. The molecule has 1 aromatic carbocycles. The third-order valence-electron chi connectivity index (χ3n) is 5.18. The molecule has 1 fully saturated rings. The molecule has 0 spiro atoms. The Kier molecular flexibility index (Phi) is 4.63. The minimum absolute atomic E-state index is 0.187. The lowest BCUT2D eigenvalue weighted by molar-refractivity contribution is 0.0485. The Hall–Kier alpha value is -1.72. The second-order valence-corrected chi connectivity index (χ2v) is 6.91. The Morgan fingerprint density at radius 3 is 2.71 bits per heavy atom. The first kappa shape index (κ1) is 15.8. The van der Waals surface area contributed by atoms with Crippen molar-refractivity contribution in [3.63, 3.8) is 0 Å². The van der Waals surface area contributed by atoms with E-state index < -0.39 is 0 Å². The van der Waals surface area contributed by atoms with Gasteiger partial charge in [-0.2, -0.15) is 0 Å². The highest BCUT2D eigenvalue weighted by atomic mass is 19.1. The number of halogens is 1. The van der Waals surface area contributed by atoms with Gasteiger partial charge in [0.25, 0.3) is 0 Å². The monoisotopic (exact) mass is 329 g/mol. The van der Waals surface area contributed by atoms with Gasteiger partial charge in [-0.1, -0.05) is 12.1 Å². The van der Waals surface area contributed by atoms with Crippen molar-refractivity contribution in [3.05, 3.63) is 53.4 Å². The normalized spacial score (nSPS) is 19.4. The molecule has 0 atom stereocenters. The molecule has 5 heteroatoms. The molecule has 24 heavy (non-hydrogen) atoms. The summed E-state index contributed by atoms with van der Waals surface area (Å²) in [5, 5.41) is 0. The number of benzene rings is 1. The van der Waals surface area contributed by atoms with Crippen LogP contribution in [-0.2, 0) is 24.2 Å². The van der Waals surface area contributed by atoms with Crippen LogP contribution in [0.25, 0.3) is 0 Å². The molecule has 2 aromatic rings. The fourth-order valence-electron chi connectivity index (χ4n) is 3.78. The van der Waals surface area contributed by atoms with Crippen molar-refractivity contribution >= 4 is 0 Å². The minimum Gasteiger partial charge on any atom is -0.381 e. The molecule has 4 nitrogen and oxygen atoms in total. The predicted molar refractivity (Wildman–Crippen MR) is 90.3 cm³/mol. The molecule has 0 radical (unpaired) electrons. The number of ether oxygens (including phenoxy) is 1. The maximum atomic E-state index is 13.0. The number of aromatic nitrogens is 2. The molecule has 0 amide bonds. The van der Waals surface area contributed by atoms with Crippen molar-refractivity contribution < 1.29 is 9.13 Å². The van der Waals surface area contributed by atoms with Gasteiger partial charge in [0.2, 0.25) is 0 Å². The SMILES string of the molecule is Fc1ccc(Cc2ncc3n2CCN(CC2CCOCC2)C3)cc1. The van der Waals surface area contributed by atoms with E-state index in [0.29, 0.717) is 0 Å². The second kappa shape index (κ2) is 7.03. The van der Waals surface area contributed by atoms with Crippen LogP contribution in [0.1, 0.15) is 29.9 Å². The largest absolute Gasteiger partial charge is 0.381 e. The number of nitrogens with zero attached hydrogens (tertiary/aromatic N) is 3. The van der Waals surface area contributed by atoms with E-state index in [1.165, 1.54) is 37.2 Å². The number of hydrogen-bond acceptors (Lipinski definition) is 3. The topological polar surface area (TPSA) is 30.3 Å². The molecule has 1 aromatic heterocycles. The Bertz CT molecular complexity index is 676. The van der Waals surface area contributed by atoms with Crippen molar-refractivity contribution in [1.29, 1.82) is 0 Å². The minimum atomic E-state index is -0.187. The maximum Gasteiger partial charge on any atom is 0.123 e. The lowest BCUT2D eigenvalue weighted by Gasteiger charge is -2.33. The van der Waals surface area contributed by atoms with Crippen LogP contribution in [0.3, 0.4) is 0 Å². The second-order valence-electron chi connectivity index (χ2n) is 6.91. The quantitative estimate of drug-likeness (QED) is 0.864. The summed E-state index contributed by atoms with van der Waals surface area (Å²) in [6, 6.07) is 6.73.